The van der Waals surface area contributed by atoms with Crippen LogP contribution in [0.1, 0.15) is 30.6 Å². The highest BCUT2D eigenvalue weighted by molar-refractivity contribution is 5.96. The summed E-state index contributed by atoms with van der Waals surface area (Å²) in [6.07, 6.45) is -0.308. The quantitative estimate of drug-likeness (QED) is 0.775. The Bertz CT molecular complexity index is 730. The summed E-state index contributed by atoms with van der Waals surface area (Å²) in [5, 5.41) is 2.72. The number of esters is 1. The fourth-order valence-corrected chi connectivity index (χ4v) is 2.16. The van der Waals surface area contributed by atoms with E-state index < -0.39 is 12.1 Å². The smallest absolute Gasteiger partial charge is 0.338 e. The van der Waals surface area contributed by atoms with Crippen molar-refractivity contribution < 1.29 is 23.5 Å². The number of benzene rings is 2. The molecule has 0 aromatic heterocycles. The Labute approximate surface area is 145 Å². The van der Waals surface area contributed by atoms with Gasteiger partial charge < -0.3 is 14.8 Å². The molecule has 2 rings (SSSR count). The molecule has 0 radical (unpaired) electrons. The predicted octanol–water partition coefficient (Wildman–Crippen LogP) is 3.80. The van der Waals surface area contributed by atoms with E-state index in [1.807, 2.05) is 6.92 Å². The molecule has 1 atom stereocenters. The van der Waals surface area contributed by atoms with Crippen LogP contribution in [0.5, 0.6) is 5.75 Å². The first-order valence-electron chi connectivity index (χ1n) is 8.03. The van der Waals surface area contributed by atoms with Gasteiger partial charge in [0.15, 0.2) is 6.10 Å². The van der Waals surface area contributed by atoms with Gasteiger partial charge in [-0.2, -0.15) is 0 Å². The van der Waals surface area contributed by atoms with Crippen molar-refractivity contribution in [2.75, 3.05) is 11.9 Å². The van der Waals surface area contributed by atoms with Gasteiger partial charge in [-0.3, -0.25) is 4.79 Å². The minimum atomic E-state index is -0.739. The first kappa shape index (κ1) is 18.4. The molecule has 5 nitrogen and oxygen atoms in total. The molecule has 25 heavy (non-hydrogen) atoms. The molecular formula is C19H20FNO4. The van der Waals surface area contributed by atoms with Gasteiger partial charge in [-0.15, -0.1) is 0 Å². The number of anilines is 1. The molecule has 0 heterocycles. The van der Waals surface area contributed by atoms with Crippen LogP contribution in [0.25, 0.3) is 0 Å². The second kappa shape index (κ2) is 8.82. The lowest BCUT2D eigenvalue weighted by molar-refractivity contribution is -0.122. The van der Waals surface area contributed by atoms with E-state index >= 15 is 0 Å². The summed E-state index contributed by atoms with van der Waals surface area (Å²) in [4.78, 5) is 24.1. The highest BCUT2D eigenvalue weighted by atomic mass is 19.1. The van der Waals surface area contributed by atoms with Gasteiger partial charge in [0.25, 0.3) is 5.91 Å². The van der Waals surface area contributed by atoms with Crippen molar-refractivity contribution in [3.05, 3.63) is 59.9 Å². The van der Waals surface area contributed by atoms with Crippen molar-refractivity contribution in [1.82, 2.24) is 0 Å². The number of hydrogen-bond donors (Lipinski definition) is 1. The summed E-state index contributed by atoms with van der Waals surface area (Å²) in [7, 11) is 0. The molecule has 2 aromatic carbocycles. The van der Waals surface area contributed by atoms with Crippen LogP contribution in [0.2, 0.25) is 0 Å². The van der Waals surface area contributed by atoms with E-state index in [0.717, 1.165) is 0 Å². The molecule has 6 heteroatoms. The van der Waals surface area contributed by atoms with E-state index in [0.29, 0.717) is 23.4 Å². The van der Waals surface area contributed by atoms with E-state index in [9.17, 15) is 14.0 Å². The molecule has 0 fully saturated rings. The summed E-state index contributed by atoms with van der Waals surface area (Å²) in [6.45, 7) is 3.81. The average Bonchev–Trinajstić information content (AvgIpc) is 2.61. The van der Waals surface area contributed by atoms with Gasteiger partial charge in [0, 0.05) is 5.69 Å². The largest absolute Gasteiger partial charge is 0.481 e. The SMILES string of the molecule is CCOC(=O)c1cccc(NC(=O)C(CC)Oc2ccc(F)cc2)c1. The van der Waals surface area contributed by atoms with E-state index in [4.69, 9.17) is 9.47 Å². The third kappa shape index (κ3) is 5.31. The summed E-state index contributed by atoms with van der Waals surface area (Å²) < 4.78 is 23.5. The van der Waals surface area contributed by atoms with Gasteiger partial charge in [-0.1, -0.05) is 13.0 Å². The number of carbonyl (C=O) groups excluding carboxylic acids is 2. The molecular weight excluding hydrogens is 325 g/mol. The lowest BCUT2D eigenvalue weighted by atomic mass is 10.2. The zero-order valence-electron chi connectivity index (χ0n) is 14.1. The van der Waals surface area contributed by atoms with Crippen LogP contribution < -0.4 is 10.1 Å². The average molecular weight is 345 g/mol. The molecule has 0 saturated carbocycles. The van der Waals surface area contributed by atoms with Crippen molar-refractivity contribution in [3.8, 4) is 5.75 Å². The molecule has 0 aliphatic rings. The van der Waals surface area contributed by atoms with Crippen LogP contribution in [0.4, 0.5) is 10.1 Å². The van der Waals surface area contributed by atoms with Gasteiger partial charge >= 0.3 is 5.97 Å². The second-order valence-corrected chi connectivity index (χ2v) is 5.26. The second-order valence-electron chi connectivity index (χ2n) is 5.26. The van der Waals surface area contributed by atoms with Crippen molar-refractivity contribution in [2.24, 2.45) is 0 Å². The Hall–Kier alpha value is -2.89. The fraction of sp³-hybridized carbons (Fsp3) is 0.263. The molecule has 1 N–H and O–H groups in total. The molecule has 0 spiro atoms. The summed E-state index contributed by atoms with van der Waals surface area (Å²) in [6, 6.07) is 11.9. The van der Waals surface area contributed by atoms with Gasteiger partial charge in [-0.25, -0.2) is 9.18 Å². The number of nitrogens with one attached hydrogen (secondary N) is 1. The van der Waals surface area contributed by atoms with Crippen molar-refractivity contribution in [1.29, 1.82) is 0 Å². The Morgan fingerprint density at radius 1 is 1.12 bits per heavy atom. The van der Waals surface area contributed by atoms with Crippen LogP contribution >= 0.6 is 0 Å². The zero-order valence-corrected chi connectivity index (χ0v) is 14.1. The minimum absolute atomic E-state index is 0.277. The molecule has 1 unspecified atom stereocenters. The molecule has 0 saturated heterocycles. The highest BCUT2D eigenvalue weighted by Crippen LogP contribution is 2.17. The Morgan fingerprint density at radius 2 is 1.84 bits per heavy atom. The van der Waals surface area contributed by atoms with E-state index in [1.54, 1.807) is 31.2 Å². The maximum Gasteiger partial charge on any atom is 0.338 e. The third-order valence-corrected chi connectivity index (χ3v) is 3.40. The maximum atomic E-state index is 12.9. The summed E-state index contributed by atoms with van der Waals surface area (Å²) in [5.74, 6) is -0.773. The first-order valence-corrected chi connectivity index (χ1v) is 8.03. The molecule has 132 valence electrons. The lowest BCUT2D eigenvalue weighted by Gasteiger charge is -2.17. The van der Waals surface area contributed by atoms with Gasteiger partial charge in [0.05, 0.1) is 12.2 Å². The Balaban J connectivity index is 2.05. The van der Waals surface area contributed by atoms with E-state index in [2.05, 4.69) is 5.32 Å². The number of halogens is 1. The molecule has 2 aromatic rings. The standard InChI is InChI=1S/C19H20FNO4/c1-3-17(25-16-10-8-14(20)9-11-16)18(22)21-15-7-5-6-13(12-15)19(23)24-4-2/h5-12,17H,3-4H2,1-2H3,(H,21,22). The van der Waals surface area contributed by atoms with E-state index in [-0.39, 0.29) is 18.3 Å². The number of carbonyl (C=O) groups is 2. The predicted molar refractivity (Wildman–Crippen MR) is 92.1 cm³/mol. The monoisotopic (exact) mass is 345 g/mol. The Kier molecular flexibility index (Phi) is 6.51. The van der Waals surface area contributed by atoms with Crippen molar-refractivity contribution in [2.45, 2.75) is 26.4 Å². The molecule has 0 bridgehead atoms. The highest BCUT2D eigenvalue weighted by Gasteiger charge is 2.19. The lowest BCUT2D eigenvalue weighted by Crippen LogP contribution is -2.32. The van der Waals surface area contributed by atoms with Crippen LogP contribution in [0.15, 0.2) is 48.5 Å². The molecule has 1 amide bonds. The van der Waals surface area contributed by atoms with Crippen LogP contribution in [-0.4, -0.2) is 24.6 Å². The number of hydrogen-bond acceptors (Lipinski definition) is 4. The summed E-state index contributed by atoms with van der Waals surface area (Å²) in [5.41, 5.74) is 0.823. The maximum absolute atomic E-state index is 12.9. The van der Waals surface area contributed by atoms with Crippen molar-refractivity contribution >= 4 is 17.6 Å². The van der Waals surface area contributed by atoms with Crippen LogP contribution in [-0.2, 0) is 9.53 Å². The topological polar surface area (TPSA) is 64.6 Å². The number of amides is 1. The molecule has 0 aliphatic carbocycles. The van der Waals surface area contributed by atoms with Gasteiger partial charge in [0.1, 0.15) is 11.6 Å². The first-order chi connectivity index (χ1) is 12.0. The summed E-state index contributed by atoms with van der Waals surface area (Å²) >= 11 is 0. The fourth-order valence-electron chi connectivity index (χ4n) is 2.16. The number of ether oxygens (including phenoxy) is 2. The van der Waals surface area contributed by atoms with Gasteiger partial charge in [-0.05, 0) is 55.8 Å². The normalized spacial score (nSPS) is 11.5. The Morgan fingerprint density at radius 3 is 2.48 bits per heavy atom. The van der Waals surface area contributed by atoms with Gasteiger partial charge in [0.2, 0.25) is 0 Å². The van der Waals surface area contributed by atoms with Crippen molar-refractivity contribution in [3.63, 3.8) is 0 Å². The number of rotatable bonds is 7. The minimum Gasteiger partial charge on any atom is -0.481 e. The van der Waals surface area contributed by atoms with Crippen LogP contribution in [0.3, 0.4) is 0 Å². The molecule has 0 aliphatic heterocycles. The van der Waals surface area contributed by atoms with Crippen LogP contribution in [0, 0.1) is 5.82 Å². The zero-order chi connectivity index (χ0) is 18.2. The third-order valence-electron chi connectivity index (χ3n) is 3.40. The van der Waals surface area contributed by atoms with E-state index in [1.165, 1.54) is 24.3 Å².